The number of methoxy groups -OCH3 is 1. The van der Waals surface area contributed by atoms with Crippen LogP contribution >= 0.6 is 15.9 Å². The maximum absolute atomic E-state index is 11.9. The van der Waals surface area contributed by atoms with E-state index in [2.05, 4.69) is 26.6 Å². The number of fused-ring (bicyclic) bond motifs is 1. The maximum atomic E-state index is 11.9. The third-order valence-electron chi connectivity index (χ3n) is 3.49. The van der Waals surface area contributed by atoms with Gasteiger partial charge in [0.1, 0.15) is 6.04 Å². The van der Waals surface area contributed by atoms with E-state index in [0.717, 1.165) is 21.4 Å². The minimum Gasteiger partial charge on any atom is -0.389 e. The van der Waals surface area contributed by atoms with Crippen molar-refractivity contribution in [2.45, 2.75) is 12.1 Å². The van der Waals surface area contributed by atoms with Crippen LogP contribution in [0.15, 0.2) is 16.6 Å². The van der Waals surface area contributed by atoms with Crippen molar-refractivity contribution in [1.29, 1.82) is 0 Å². The molecule has 0 radical (unpaired) electrons. The smallest absolute Gasteiger partial charge is 0.246 e. The minimum absolute atomic E-state index is 0.0568. The first-order valence-corrected chi connectivity index (χ1v) is 7.47. The average Bonchev–Trinajstić information content (AvgIpc) is 2.72. The number of nitrogens with zero attached hydrogens (tertiary/aromatic N) is 1. The second-order valence-corrected chi connectivity index (χ2v) is 5.95. The molecule has 1 aliphatic rings. The van der Waals surface area contributed by atoms with Crippen molar-refractivity contribution in [3.05, 3.63) is 22.2 Å². The summed E-state index contributed by atoms with van der Waals surface area (Å²) < 4.78 is 5.81. The molecule has 1 heterocycles. The lowest BCUT2D eigenvalue weighted by molar-refractivity contribution is -0.117. The number of anilines is 2. The number of amides is 1. The van der Waals surface area contributed by atoms with E-state index in [1.54, 1.807) is 14.2 Å². The van der Waals surface area contributed by atoms with Gasteiger partial charge in [0, 0.05) is 36.4 Å². The molecule has 0 bridgehead atoms. The fraction of sp³-hybridized carbons (Fsp3) is 0.500. The highest BCUT2D eigenvalue weighted by molar-refractivity contribution is 9.10. The molecule has 0 saturated heterocycles. The van der Waals surface area contributed by atoms with Gasteiger partial charge >= 0.3 is 0 Å². The highest BCUT2D eigenvalue weighted by Crippen LogP contribution is 2.38. The van der Waals surface area contributed by atoms with Gasteiger partial charge in [0.15, 0.2) is 0 Å². The molecule has 1 aliphatic heterocycles. The van der Waals surface area contributed by atoms with E-state index in [-0.39, 0.29) is 18.6 Å². The fourth-order valence-corrected chi connectivity index (χ4v) is 3.17. The van der Waals surface area contributed by atoms with Gasteiger partial charge < -0.3 is 25.4 Å². The Labute approximate surface area is 132 Å². The standard InChI is InChI=1S/C14H20BrN3O3/c1-16-13-9-4-10(15)12(5-11(9)17-14(13)20)18(2)6-8(19)7-21-3/h4-5,8,13,16,19H,6-7H2,1-3H3,(H,17,20). The quantitative estimate of drug-likeness (QED) is 0.711. The molecular weight excluding hydrogens is 338 g/mol. The van der Waals surface area contributed by atoms with Crippen LogP contribution in [0.4, 0.5) is 11.4 Å². The van der Waals surface area contributed by atoms with Crippen molar-refractivity contribution >= 4 is 33.2 Å². The normalized spacial score (nSPS) is 18.3. The topological polar surface area (TPSA) is 73.8 Å². The van der Waals surface area contributed by atoms with Crippen molar-refractivity contribution in [2.24, 2.45) is 0 Å². The monoisotopic (exact) mass is 357 g/mol. The molecular formula is C14H20BrN3O3. The molecule has 3 N–H and O–H groups in total. The van der Waals surface area contributed by atoms with E-state index in [1.807, 2.05) is 24.1 Å². The first kappa shape index (κ1) is 16.2. The van der Waals surface area contributed by atoms with E-state index < -0.39 is 6.10 Å². The lowest BCUT2D eigenvalue weighted by atomic mass is 10.1. The Bertz CT molecular complexity index is 538. The summed E-state index contributed by atoms with van der Waals surface area (Å²) in [6.45, 7) is 0.722. The Morgan fingerprint density at radius 2 is 2.29 bits per heavy atom. The maximum Gasteiger partial charge on any atom is 0.246 e. The SMILES string of the molecule is CNC1C(=O)Nc2cc(N(C)CC(O)COC)c(Br)cc21. The third kappa shape index (κ3) is 3.37. The summed E-state index contributed by atoms with van der Waals surface area (Å²) in [5.74, 6) is -0.0568. The molecule has 0 saturated carbocycles. The number of benzene rings is 1. The molecule has 6 nitrogen and oxygen atoms in total. The predicted molar refractivity (Wildman–Crippen MR) is 85.7 cm³/mol. The first-order chi connectivity index (χ1) is 9.97. The number of carbonyl (C=O) groups excluding carboxylic acids is 1. The van der Waals surface area contributed by atoms with Gasteiger partial charge in [-0.3, -0.25) is 4.79 Å². The number of hydrogen-bond acceptors (Lipinski definition) is 5. The van der Waals surface area contributed by atoms with E-state index in [1.165, 1.54) is 0 Å². The Kier molecular flexibility index (Phi) is 5.21. The number of carbonyl (C=O) groups is 1. The number of aliphatic hydroxyl groups excluding tert-OH is 1. The molecule has 1 aromatic rings. The number of ether oxygens (including phenoxy) is 1. The summed E-state index contributed by atoms with van der Waals surface area (Å²) in [4.78, 5) is 13.8. The van der Waals surface area contributed by atoms with Crippen LogP contribution in [0.1, 0.15) is 11.6 Å². The van der Waals surface area contributed by atoms with Crippen LogP contribution in [-0.4, -0.2) is 51.5 Å². The number of hydrogen-bond donors (Lipinski definition) is 3. The van der Waals surface area contributed by atoms with E-state index >= 15 is 0 Å². The Balaban J connectivity index is 2.23. The zero-order valence-electron chi connectivity index (χ0n) is 12.3. The van der Waals surface area contributed by atoms with E-state index in [9.17, 15) is 9.90 Å². The summed E-state index contributed by atoms with van der Waals surface area (Å²) in [5.41, 5.74) is 2.62. The summed E-state index contributed by atoms with van der Waals surface area (Å²) in [6, 6.07) is 3.52. The van der Waals surface area contributed by atoms with Crippen LogP contribution < -0.4 is 15.5 Å². The van der Waals surface area contributed by atoms with Gasteiger partial charge in [-0.2, -0.15) is 0 Å². The van der Waals surface area contributed by atoms with Gasteiger partial charge in [0.25, 0.3) is 0 Å². The number of nitrogens with one attached hydrogen (secondary N) is 2. The second-order valence-electron chi connectivity index (χ2n) is 5.09. The van der Waals surface area contributed by atoms with Crippen LogP contribution in [0.25, 0.3) is 0 Å². The predicted octanol–water partition coefficient (Wildman–Crippen LogP) is 1.11. The lowest BCUT2D eigenvalue weighted by Crippen LogP contribution is -2.32. The van der Waals surface area contributed by atoms with Crippen LogP contribution in [0.2, 0.25) is 0 Å². The lowest BCUT2D eigenvalue weighted by Gasteiger charge is -2.24. The van der Waals surface area contributed by atoms with Gasteiger partial charge in [-0.1, -0.05) is 0 Å². The Morgan fingerprint density at radius 3 is 2.90 bits per heavy atom. The van der Waals surface area contributed by atoms with Crippen molar-refractivity contribution < 1.29 is 14.6 Å². The summed E-state index contributed by atoms with van der Waals surface area (Å²) in [6.07, 6.45) is -0.570. The number of rotatable bonds is 6. The van der Waals surface area contributed by atoms with Crippen LogP contribution in [0.3, 0.4) is 0 Å². The van der Waals surface area contributed by atoms with Crippen molar-refractivity contribution in [3.8, 4) is 0 Å². The fourth-order valence-electron chi connectivity index (χ4n) is 2.51. The molecule has 7 heteroatoms. The van der Waals surface area contributed by atoms with Gasteiger partial charge in [0.05, 0.1) is 18.4 Å². The van der Waals surface area contributed by atoms with Gasteiger partial charge in [0.2, 0.25) is 5.91 Å². The van der Waals surface area contributed by atoms with Crippen LogP contribution in [0, 0.1) is 0 Å². The molecule has 2 rings (SSSR count). The summed E-state index contributed by atoms with van der Waals surface area (Å²) >= 11 is 3.53. The molecule has 21 heavy (non-hydrogen) atoms. The molecule has 2 atom stereocenters. The van der Waals surface area contributed by atoms with E-state index in [0.29, 0.717) is 6.54 Å². The Morgan fingerprint density at radius 1 is 1.57 bits per heavy atom. The number of halogens is 1. The molecule has 116 valence electrons. The molecule has 1 aromatic carbocycles. The molecule has 2 unspecified atom stereocenters. The molecule has 1 amide bonds. The summed E-state index contributed by atoms with van der Waals surface area (Å²) in [5, 5.41) is 15.7. The van der Waals surface area contributed by atoms with Gasteiger partial charge in [-0.15, -0.1) is 0 Å². The highest BCUT2D eigenvalue weighted by Gasteiger charge is 2.30. The molecule has 0 aliphatic carbocycles. The number of aliphatic hydroxyl groups is 1. The first-order valence-electron chi connectivity index (χ1n) is 6.67. The number of likely N-dealkylation sites (N-methyl/N-ethyl adjacent to an activating group) is 2. The zero-order valence-corrected chi connectivity index (χ0v) is 13.9. The van der Waals surface area contributed by atoms with Crippen molar-refractivity contribution in [3.63, 3.8) is 0 Å². The third-order valence-corrected chi connectivity index (χ3v) is 4.13. The van der Waals surface area contributed by atoms with Gasteiger partial charge in [-0.25, -0.2) is 0 Å². The van der Waals surface area contributed by atoms with Crippen LogP contribution in [-0.2, 0) is 9.53 Å². The highest BCUT2D eigenvalue weighted by atomic mass is 79.9. The van der Waals surface area contributed by atoms with Crippen molar-refractivity contribution in [2.75, 3.05) is 44.6 Å². The zero-order chi connectivity index (χ0) is 15.6. The molecule has 0 aromatic heterocycles. The summed E-state index contributed by atoms with van der Waals surface area (Å²) in [7, 11) is 5.20. The average molecular weight is 358 g/mol. The second kappa shape index (κ2) is 6.74. The van der Waals surface area contributed by atoms with Crippen molar-refractivity contribution in [1.82, 2.24) is 5.32 Å². The molecule has 0 fully saturated rings. The van der Waals surface area contributed by atoms with E-state index in [4.69, 9.17) is 4.74 Å². The van der Waals surface area contributed by atoms with Crippen LogP contribution in [0.5, 0.6) is 0 Å². The Hall–Kier alpha value is -1.15. The largest absolute Gasteiger partial charge is 0.389 e. The minimum atomic E-state index is -0.570. The van der Waals surface area contributed by atoms with Gasteiger partial charge in [-0.05, 0) is 35.1 Å². The molecule has 0 spiro atoms.